The van der Waals surface area contributed by atoms with Crippen LogP contribution in [0.1, 0.15) is 58.3 Å². The molecule has 0 spiro atoms. The average Bonchev–Trinajstić information content (AvgIpc) is 2.25. The molecule has 0 amide bonds. The lowest BCUT2D eigenvalue weighted by molar-refractivity contribution is 0.201. The summed E-state index contributed by atoms with van der Waals surface area (Å²) in [6, 6.07) is 0. The highest BCUT2D eigenvalue weighted by Crippen LogP contribution is 2.36. The van der Waals surface area contributed by atoms with E-state index in [1.54, 1.807) is 0 Å². The first-order valence-corrected chi connectivity index (χ1v) is 7.08. The Morgan fingerprint density at radius 2 is 1.87 bits per heavy atom. The van der Waals surface area contributed by atoms with Gasteiger partial charge in [-0.3, -0.25) is 0 Å². The minimum absolute atomic E-state index is 0.363. The van der Waals surface area contributed by atoms with Gasteiger partial charge in [0.25, 0.3) is 0 Å². The average molecular weight is 230 g/mol. The SMILES string of the molecule is CCCC(CCCO)C1CCC(S)CC1. The van der Waals surface area contributed by atoms with Crippen molar-refractivity contribution in [3.8, 4) is 0 Å². The van der Waals surface area contributed by atoms with Crippen molar-refractivity contribution in [3.63, 3.8) is 0 Å². The van der Waals surface area contributed by atoms with Crippen molar-refractivity contribution >= 4 is 12.6 Å². The molecule has 0 radical (unpaired) electrons. The lowest BCUT2D eigenvalue weighted by Crippen LogP contribution is -2.22. The third-order valence-corrected chi connectivity index (χ3v) is 4.32. The second-order valence-corrected chi connectivity index (χ2v) is 5.71. The van der Waals surface area contributed by atoms with Gasteiger partial charge in [0.05, 0.1) is 0 Å². The van der Waals surface area contributed by atoms with Gasteiger partial charge in [-0.25, -0.2) is 0 Å². The van der Waals surface area contributed by atoms with E-state index < -0.39 is 0 Å². The number of thiol groups is 1. The Bertz CT molecular complexity index is 153. The summed E-state index contributed by atoms with van der Waals surface area (Å²) in [6.07, 6.45) is 10.2. The van der Waals surface area contributed by atoms with Gasteiger partial charge in [-0.1, -0.05) is 19.8 Å². The summed E-state index contributed by atoms with van der Waals surface area (Å²) in [4.78, 5) is 0. The number of hydrogen-bond acceptors (Lipinski definition) is 2. The van der Waals surface area contributed by atoms with Gasteiger partial charge >= 0.3 is 0 Å². The Morgan fingerprint density at radius 1 is 1.20 bits per heavy atom. The molecule has 1 fully saturated rings. The molecule has 0 aromatic rings. The van der Waals surface area contributed by atoms with Crippen molar-refractivity contribution in [1.82, 2.24) is 0 Å². The van der Waals surface area contributed by atoms with Crippen LogP contribution >= 0.6 is 12.6 Å². The minimum Gasteiger partial charge on any atom is -0.396 e. The molecular weight excluding hydrogens is 204 g/mol. The third-order valence-electron chi connectivity index (χ3n) is 3.80. The van der Waals surface area contributed by atoms with Crippen molar-refractivity contribution in [3.05, 3.63) is 0 Å². The zero-order chi connectivity index (χ0) is 11.1. The maximum absolute atomic E-state index is 8.91. The Hall–Kier alpha value is 0.310. The van der Waals surface area contributed by atoms with Crippen LogP contribution in [0.2, 0.25) is 0 Å². The van der Waals surface area contributed by atoms with Crippen LogP contribution < -0.4 is 0 Å². The van der Waals surface area contributed by atoms with E-state index in [2.05, 4.69) is 19.6 Å². The topological polar surface area (TPSA) is 20.2 Å². The Morgan fingerprint density at radius 3 is 2.40 bits per heavy atom. The monoisotopic (exact) mass is 230 g/mol. The molecule has 1 nitrogen and oxygen atoms in total. The van der Waals surface area contributed by atoms with Crippen molar-refractivity contribution in [2.75, 3.05) is 6.61 Å². The van der Waals surface area contributed by atoms with Crippen LogP contribution in [-0.2, 0) is 0 Å². The number of hydrogen-bond donors (Lipinski definition) is 2. The zero-order valence-electron chi connectivity index (χ0n) is 9.99. The summed E-state index contributed by atoms with van der Waals surface area (Å²) in [5, 5.41) is 9.57. The van der Waals surface area contributed by atoms with Gasteiger partial charge in [0.2, 0.25) is 0 Å². The highest BCUT2D eigenvalue weighted by molar-refractivity contribution is 7.80. The fraction of sp³-hybridized carbons (Fsp3) is 1.00. The lowest BCUT2D eigenvalue weighted by Gasteiger charge is -2.32. The largest absolute Gasteiger partial charge is 0.396 e. The van der Waals surface area contributed by atoms with Crippen LogP contribution in [0.15, 0.2) is 0 Å². The molecule has 90 valence electrons. The van der Waals surface area contributed by atoms with E-state index in [0.717, 1.165) is 18.3 Å². The quantitative estimate of drug-likeness (QED) is 0.667. The maximum Gasteiger partial charge on any atom is 0.0431 e. The number of rotatable bonds is 6. The van der Waals surface area contributed by atoms with Crippen molar-refractivity contribution in [1.29, 1.82) is 0 Å². The Labute approximate surface area is 100 Å². The highest BCUT2D eigenvalue weighted by atomic mass is 32.1. The van der Waals surface area contributed by atoms with E-state index in [-0.39, 0.29) is 0 Å². The number of aliphatic hydroxyl groups is 1. The van der Waals surface area contributed by atoms with Crippen LogP contribution in [0.4, 0.5) is 0 Å². The van der Waals surface area contributed by atoms with E-state index in [1.165, 1.54) is 44.9 Å². The fourth-order valence-corrected chi connectivity index (χ4v) is 3.21. The zero-order valence-corrected chi connectivity index (χ0v) is 10.9. The van der Waals surface area contributed by atoms with Crippen molar-refractivity contribution in [2.24, 2.45) is 11.8 Å². The second-order valence-electron chi connectivity index (χ2n) is 4.98. The molecule has 15 heavy (non-hydrogen) atoms. The summed E-state index contributed by atoms with van der Waals surface area (Å²) in [7, 11) is 0. The molecule has 0 aromatic carbocycles. The van der Waals surface area contributed by atoms with Gasteiger partial charge in [-0.05, 0) is 50.4 Å². The highest BCUT2D eigenvalue weighted by Gasteiger charge is 2.25. The van der Waals surface area contributed by atoms with Crippen LogP contribution in [0.25, 0.3) is 0 Å². The molecule has 1 aliphatic rings. The van der Waals surface area contributed by atoms with Gasteiger partial charge < -0.3 is 5.11 Å². The molecule has 0 saturated heterocycles. The molecular formula is C13H26OS. The Balaban J connectivity index is 2.33. The van der Waals surface area contributed by atoms with Crippen molar-refractivity contribution < 1.29 is 5.11 Å². The standard InChI is InChI=1S/C13H26OS/c1-2-4-11(5-3-10-14)12-6-8-13(15)9-7-12/h11-15H,2-10H2,1H3. The van der Waals surface area contributed by atoms with Crippen LogP contribution in [0.3, 0.4) is 0 Å². The molecule has 1 unspecified atom stereocenters. The molecule has 1 saturated carbocycles. The molecule has 0 aliphatic heterocycles. The van der Waals surface area contributed by atoms with E-state index in [9.17, 15) is 0 Å². The predicted octanol–water partition coefficient (Wildman–Crippen LogP) is 3.66. The number of aliphatic hydroxyl groups excluding tert-OH is 1. The first kappa shape index (κ1) is 13.4. The first-order chi connectivity index (χ1) is 7.27. The van der Waals surface area contributed by atoms with Crippen LogP contribution in [-0.4, -0.2) is 17.0 Å². The Kier molecular flexibility index (Phi) is 6.74. The third kappa shape index (κ3) is 4.78. The maximum atomic E-state index is 8.91. The van der Waals surface area contributed by atoms with E-state index in [0.29, 0.717) is 11.9 Å². The molecule has 1 N–H and O–H groups in total. The molecule has 1 rings (SSSR count). The second kappa shape index (κ2) is 7.56. The first-order valence-electron chi connectivity index (χ1n) is 6.56. The van der Waals surface area contributed by atoms with E-state index >= 15 is 0 Å². The molecule has 1 aliphatic carbocycles. The summed E-state index contributed by atoms with van der Waals surface area (Å²) in [6.45, 7) is 2.64. The lowest BCUT2D eigenvalue weighted by atomic mass is 9.76. The minimum atomic E-state index is 0.363. The molecule has 1 atom stereocenters. The van der Waals surface area contributed by atoms with Gasteiger partial charge in [0, 0.05) is 11.9 Å². The summed E-state index contributed by atoms with van der Waals surface area (Å²) in [5.41, 5.74) is 0. The van der Waals surface area contributed by atoms with E-state index in [1.807, 2.05) is 0 Å². The van der Waals surface area contributed by atoms with Gasteiger partial charge in [0.15, 0.2) is 0 Å². The van der Waals surface area contributed by atoms with Crippen LogP contribution in [0.5, 0.6) is 0 Å². The van der Waals surface area contributed by atoms with Crippen molar-refractivity contribution in [2.45, 2.75) is 63.5 Å². The normalized spacial score (nSPS) is 29.0. The molecule has 0 heterocycles. The summed E-state index contributed by atoms with van der Waals surface area (Å²) in [5.74, 6) is 1.78. The van der Waals surface area contributed by atoms with Gasteiger partial charge in [0.1, 0.15) is 0 Å². The summed E-state index contributed by atoms with van der Waals surface area (Å²) >= 11 is 4.55. The summed E-state index contributed by atoms with van der Waals surface area (Å²) < 4.78 is 0. The fourth-order valence-electron chi connectivity index (χ4n) is 2.91. The predicted molar refractivity (Wildman–Crippen MR) is 69.4 cm³/mol. The molecule has 0 bridgehead atoms. The van der Waals surface area contributed by atoms with E-state index in [4.69, 9.17) is 5.11 Å². The van der Waals surface area contributed by atoms with Crippen LogP contribution in [0, 0.1) is 11.8 Å². The molecule has 0 aromatic heterocycles. The smallest absolute Gasteiger partial charge is 0.0431 e. The molecule has 2 heteroatoms. The van der Waals surface area contributed by atoms with Gasteiger partial charge in [-0.2, -0.15) is 12.6 Å². The van der Waals surface area contributed by atoms with Gasteiger partial charge in [-0.15, -0.1) is 0 Å².